The van der Waals surface area contributed by atoms with Gasteiger partial charge in [0.1, 0.15) is 6.04 Å². The number of carbonyl (C=O) groups is 1. The fraction of sp³-hybridized carbons (Fsp3) is 0.526. The zero-order valence-corrected chi connectivity index (χ0v) is 15.2. The molecule has 1 aromatic rings. The van der Waals surface area contributed by atoms with Crippen molar-refractivity contribution in [3.8, 4) is 0 Å². The summed E-state index contributed by atoms with van der Waals surface area (Å²) in [7, 11) is 0. The summed E-state index contributed by atoms with van der Waals surface area (Å²) in [5.74, 6) is 5.33. The van der Waals surface area contributed by atoms with E-state index in [4.69, 9.17) is 5.84 Å². The van der Waals surface area contributed by atoms with Crippen molar-refractivity contribution in [2.24, 2.45) is 5.84 Å². The molecule has 1 heterocycles. The lowest BCUT2D eigenvalue weighted by Crippen LogP contribution is -2.57. The molecule has 0 bridgehead atoms. The van der Waals surface area contributed by atoms with Crippen LogP contribution in [0.3, 0.4) is 0 Å². The third-order valence-electron chi connectivity index (χ3n) is 4.81. The monoisotopic (exact) mass is 315 g/mol. The summed E-state index contributed by atoms with van der Waals surface area (Å²) in [4.78, 5) is 14.7. The summed E-state index contributed by atoms with van der Waals surface area (Å²) in [6.45, 7) is 12.8. The molecule has 23 heavy (non-hydrogen) atoms. The quantitative estimate of drug-likeness (QED) is 0.508. The van der Waals surface area contributed by atoms with E-state index in [0.717, 1.165) is 18.5 Å². The number of nitrogens with one attached hydrogen (secondary N) is 1. The van der Waals surface area contributed by atoms with Crippen molar-refractivity contribution in [3.05, 3.63) is 34.9 Å². The van der Waals surface area contributed by atoms with Crippen molar-refractivity contribution in [1.29, 1.82) is 0 Å². The van der Waals surface area contributed by atoms with Crippen LogP contribution in [0.5, 0.6) is 0 Å². The molecular weight excluding hydrogens is 286 g/mol. The van der Waals surface area contributed by atoms with Gasteiger partial charge in [0.05, 0.1) is 5.54 Å². The predicted molar refractivity (Wildman–Crippen MR) is 97.2 cm³/mol. The lowest BCUT2D eigenvalue weighted by atomic mass is 9.85. The molecule has 0 radical (unpaired) electrons. The molecule has 0 spiro atoms. The highest BCUT2D eigenvalue weighted by Gasteiger charge is 2.38. The van der Waals surface area contributed by atoms with Crippen LogP contribution in [0.1, 0.15) is 57.2 Å². The van der Waals surface area contributed by atoms with Gasteiger partial charge in [-0.05, 0) is 69.9 Å². The smallest absolute Gasteiger partial charge is 0.256 e. The number of anilines is 1. The first-order valence-electron chi connectivity index (χ1n) is 8.33. The van der Waals surface area contributed by atoms with Crippen molar-refractivity contribution < 1.29 is 4.79 Å². The Morgan fingerprint density at radius 1 is 1.26 bits per heavy atom. The van der Waals surface area contributed by atoms with E-state index in [9.17, 15) is 4.79 Å². The number of rotatable bonds is 4. The first kappa shape index (κ1) is 17.5. The molecule has 1 atom stereocenters. The minimum absolute atomic E-state index is 0.128. The molecular formula is C19H29N3O. The van der Waals surface area contributed by atoms with Crippen LogP contribution < -0.4 is 16.2 Å². The molecule has 0 saturated carbocycles. The van der Waals surface area contributed by atoms with Gasteiger partial charge in [0.15, 0.2) is 0 Å². The SMILES string of the molecule is CCC[C@@H](C(=O)NN)N1c2cc(C)c(C)cc2C(C)=CC1(C)C. The van der Waals surface area contributed by atoms with Gasteiger partial charge in [0.2, 0.25) is 0 Å². The topological polar surface area (TPSA) is 58.4 Å². The molecule has 2 rings (SSSR count). The Bertz CT molecular complexity index is 646. The maximum Gasteiger partial charge on any atom is 0.256 e. The molecule has 1 amide bonds. The van der Waals surface area contributed by atoms with E-state index >= 15 is 0 Å². The van der Waals surface area contributed by atoms with Gasteiger partial charge in [-0.1, -0.05) is 19.4 Å². The zero-order valence-electron chi connectivity index (χ0n) is 15.2. The van der Waals surface area contributed by atoms with E-state index in [1.165, 1.54) is 22.3 Å². The Kier molecular flexibility index (Phi) is 4.85. The Morgan fingerprint density at radius 3 is 2.43 bits per heavy atom. The summed E-state index contributed by atoms with van der Waals surface area (Å²) >= 11 is 0. The lowest BCUT2D eigenvalue weighted by Gasteiger charge is -2.47. The summed E-state index contributed by atoms with van der Waals surface area (Å²) in [5.41, 5.74) is 8.20. The Hall–Kier alpha value is -1.81. The van der Waals surface area contributed by atoms with Gasteiger partial charge >= 0.3 is 0 Å². The minimum Gasteiger partial charge on any atom is -0.350 e. The maximum atomic E-state index is 12.4. The zero-order chi connectivity index (χ0) is 17.4. The van der Waals surface area contributed by atoms with E-state index in [1.54, 1.807) is 0 Å². The maximum absolute atomic E-state index is 12.4. The fourth-order valence-electron chi connectivity index (χ4n) is 3.62. The van der Waals surface area contributed by atoms with Crippen LogP contribution in [0.4, 0.5) is 5.69 Å². The summed E-state index contributed by atoms with van der Waals surface area (Å²) in [6.07, 6.45) is 3.94. The van der Waals surface area contributed by atoms with Gasteiger partial charge in [0.25, 0.3) is 5.91 Å². The number of nitrogens with two attached hydrogens (primary N) is 1. The van der Waals surface area contributed by atoms with Crippen LogP contribution >= 0.6 is 0 Å². The number of hydrazine groups is 1. The summed E-state index contributed by atoms with van der Waals surface area (Å²) in [6, 6.07) is 4.16. The third-order valence-corrected chi connectivity index (χ3v) is 4.81. The van der Waals surface area contributed by atoms with Crippen LogP contribution in [0, 0.1) is 13.8 Å². The molecule has 4 heteroatoms. The Labute approximate surface area is 139 Å². The largest absolute Gasteiger partial charge is 0.350 e. The fourth-order valence-corrected chi connectivity index (χ4v) is 3.62. The van der Waals surface area contributed by atoms with Crippen molar-refractivity contribution in [2.75, 3.05) is 4.90 Å². The molecule has 1 aliphatic rings. The van der Waals surface area contributed by atoms with Crippen molar-refractivity contribution in [1.82, 2.24) is 5.43 Å². The van der Waals surface area contributed by atoms with Crippen LogP contribution in [0.25, 0.3) is 5.57 Å². The molecule has 126 valence electrons. The number of allylic oxidation sites excluding steroid dienone is 1. The normalized spacial score (nSPS) is 17.3. The number of hydrogen-bond donors (Lipinski definition) is 2. The second kappa shape index (κ2) is 6.36. The average molecular weight is 315 g/mol. The third kappa shape index (κ3) is 3.13. The van der Waals surface area contributed by atoms with Crippen molar-refractivity contribution >= 4 is 17.2 Å². The Balaban J connectivity index is 2.66. The number of hydrogen-bond acceptors (Lipinski definition) is 3. The molecule has 0 fully saturated rings. The number of fused-ring (bicyclic) bond motifs is 1. The minimum atomic E-state index is -0.273. The van der Waals surface area contributed by atoms with Crippen LogP contribution in [0.15, 0.2) is 18.2 Å². The van der Waals surface area contributed by atoms with Gasteiger partial charge in [-0.15, -0.1) is 0 Å². The van der Waals surface area contributed by atoms with Gasteiger partial charge in [-0.3, -0.25) is 10.2 Å². The van der Waals surface area contributed by atoms with Gasteiger partial charge in [0, 0.05) is 11.3 Å². The molecule has 4 nitrogen and oxygen atoms in total. The first-order valence-corrected chi connectivity index (χ1v) is 8.33. The van der Waals surface area contributed by atoms with Gasteiger partial charge in [-0.25, -0.2) is 5.84 Å². The van der Waals surface area contributed by atoms with Crippen LogP contribution in [-0.4, -0.2) is 17.5 Å². The predicted octanol–water partition coefficient (Wildman–Crippen LogP) is 3.46. The van der Waals surface area contributed by atoms with E-state index < -0.39 is 0 Å². The first-order chi connectivity index (χ1) is 10.7. The highest BCUT2D eigenvalue weighted by atomic mass is 16.2. The second-order valence-electron chi connectivity index (χ2n) is 7.12. The highest BCUT2D eigenvalue weighted by molar-refractivity contribution is 5.90. The molecule has 0 saturated heterocycles. The van der Waals surface area contributed by atoms with Gasteiger partial charge in [-0.2, -0.15) is 0 Å². The molecule has 1 aliphatic heterocycles. The average Bonchev–Trinajstić information content (AvgIpc) is 2.47. The number of nitrogens with zero attached hydrogens (tertiary/aromatic N) is 1. The molecule has 0 aromatic heterocycles. The summed E-state index contributed by atoms with van der Waals surface area (Å²) in [5, 5.41) is 0. The summed E-state index contributed by atoms with van der Waals surface area (Å²) < 4.78 is 0. The van der Waals surface area contributed by atoms with Gasteiger partial charge < -0.3 is 4.90 Å². The number of benzene rings is 1. The second-order valence-corrected chi connectivity index (χ2v) is 7.12. The van der Waals surface area contributed by atoms with E-state index in [0.29, 0.717) is 0 Å². The Morgan fingerprint density at radius 2 is 1.87 bits per heavy atom. The lowest BCUT2D eigenvalue weighted by molar-refractivity contribution is -0.122. The van der Waals surface area contributed by atoms with E-state index in [-0.39, 0.29) is 17.5 Å². The number of carbonyl (C=O) groups excluding carboxylic acids is 1. The molecule has 1 aromatic carbocycles. The van der Waals surface area contributed by atoms with Crippen LogP contribution in [-0.2, 0) is 4.79 Å². The van der Waals surface area contributed by atoms with E-state index in [1.807, 2.05) is 0 Å². The molecule has 0 unspecified atom stereocenters. The van der Waals surface area contributed by atoms with Crippen molar-refractivity contribution in [3.63, 3.8) is 0 Å². The van der Waals surface area contributed by atoms with Crippen LogP contribution in [0.2, 0.25) is 0 Å². The number of aryl methyl sites for hydroxylation is 2. The standard InChI is InChI=1S/C19H29N3O/c1-7-8-16(18(23)21-20)22-17-10-13(3)12(2)9-15(17)14(4)11-19(22,5)6/h9-11,16H,7-8,20H2,1-6H3,(H,21,23)/t16-/m0/s1. The molecule has 0 aliphatic carbocycles. The highest BCUT2D eigenvalue weighted by Crippen LogP contribution is 2.42. The van der Waals surface area contributed by atoms with E-state index in [2.05, 4.69) is 70.1 Å². The van der Waals surface area contributed by atoms with Crippen molar-refractivity contribution in [2.45, 2.75) is 66.0 Å². The molecule has 3 N–H and O–H groups in total. The number of amides is 1.